The third kappa shape index (κ3) is 2.47. The number of aromatic nitrogens is 1. The molecular formula is C16H18N2O2. The maximum absolute atomic E-state index is 5.80. The second kappa shape index (κ2) is 5.51. The normalized spacial score (nSPS) is 12.9. The highest BCUT2D eigenvalue weighted by atomic mass is 16.4. The van der Waals surface area contributed by atoms with Crippen LogP contribution < -0.4 is 5.32 Å². The van der Waals surface area contributed by atoms with Crippen molar-refractivity contribution in [3.8, 4) is 0 Å². The predicted octanol–water partition coefficient (Wildman–Crippen LogP) is 3.49. The van der Waals surface area contributed by atoms with Crippen molar-refractivity contribution in [1.82, 2.24) is 10.3 Å². The molecule has 0 aliphatic carbocycles. The first-order valence-electron chi connectivity index (χ1n) is 6.90. The minimum absolute atomic E-state index is 0.0726. The first kappa shape index (κ1) is 12.9. The number of nitrogens with one attached hydrogen (secondary N) is 1. The van der Waals surface area contributed by atoms with Crippen molar-refractivity contribution < 1.29 is 8.83 Å². The molecule has 0 aliphatic heterocycles. The van der Waals surface area contributed by atoms with Gasteiger partial charge in [-0.15, -0.1) is 0 Å². The van der Waals surface area contributed by atoms with E-state index in [1.807, 2.05) is 43.4 Å². The lowest BCUT2D eigenvalue weighted by Crippen LogP contribution is -2.18. The van der Waals surface area contributed by atoms with Gasteiger partial charge in [-0.05, 0) is 31.3 Å². The Labute approximate surface area is 117 Å². The van der Waals surface area contributed by atoms with Gasteiger partial charge in [0.1, 0.15) is 17.0 Å². The van der Waals surface area contributed by atoms with E-state index in [0.29, 0.717) is 6.42 Å². The van der Waals surface area contributed by atoms with Crippen LogP contribution in [0.5, 0.6) is 0 Å². The van der Waals surface area contributed by atoms with Crippen LogP contribution >= 0.6 is 0 Å². The Hall–Kier alpha value is -2.07. The average Bonchev–Trinajstić information content (AvgIpc) is 3.10. The summed E-state index contributed by atoms with van der Waals surface area (Å²) in [6.45, 7) is 2.08. The van der Waals surface area contributed by atoms with Gasteiger partial charge < -0.3 is 14.2 Å². The van der Waals surface area contributed by atoms with E-state index in [1.165, 1.54) is 0 Å². The fourth-order valence-electron chi connectivity index (χ4n) is 2.30. The number of para-hydroxylation sites is 2. The smallest absolute Gasteiger partial charge is 0.197 e. The maximum Gasteiger partial charge on any atom is 0.197 e. The van der Waals surface area contributed by atoms with Crippen molar-refractivity contribution >= 4 is 11.1 Å². The average molecular weight is 270 g/mol. The Morgan fingerprint density at radius 3 is 2.70 bits per heavy atom. The molecule has 4 nitrogen and oxygen atoms in total. The number of rotatable bonds is 5. The number of fused-ring (bicyclic) bond motifs is 1. The summed E-state index contributed by atoms with van der Waals surface area (Å²) >= 11 is 0. The van der Waals surface area contributed by atoms with Gasteiger partial charge in [0.25, 0.3) is 0 Å². The largest absolute Gasteiger partial charge is 0.464 e. The van der Waals surface area contributed by atoms with Gasteiger partial charge in [0.05, 0.1) is 6.04 Å². The Balaban J connectivity index is 1.83. The molecule has 0 aliphatic rings. The molecule has 20 heavy (non-hydrogen) atoms. The molecule has 3 aromatic rings. The number of hydrogen-bond donors (Lipinski definition) is 1. The molecule has 1 atom stereocenters. The number of aryl methyl sites for hydroxylation is 1. The first-order valence-corrected chi connectivity index (χ1v) is 6.90. The summed E-state index contributed by atoms with van der Waals surface area (Å²) in [7, 11) is 1.92. The summed E-state index contributed by atoms with van der Waals surface area (Å²) < 4.78 is 11.6. The van der Waals surface area contributed by atoms with Gasteiger partial charge >= 0.3 is 0 Å². The summed E-state index contributed by atoms with van der Waals surface area (Å²) in [6, 6.07) is 11.9. The molecule has 0 bridgehead atoms. The fourth-order valence-corrected chi connectivity index (χ4v) is 2.30. The molecule has 1 aromatic carbocycles. The third-order valence-electron chi connectivity index (χ3n) is 3.44. The second-order valence-electron chi connectivity index (χ2n) is 4.78. The van der Waals surface area contributed by atoms with Crippen molar-refractivity contribution in [2.24, 2.45) is 0 Å². The third-order valence-corrected chi connectivity index (χ3v) is 3.44. The Bertz CT molecular complexity index is 666. The summed E-state index contributed by atoms with van der Waals surface area (Å²) in [4.78, 5) is 4.50. The number of likely N-dealkylation sites (N-methyl/N-ethyl adjacent to an activating group) is 1. The molecule has 0 saturated heterocycles. The molecule has 104 valence electrons. The van der Waals surface area contributed by atoms with Crippen LogP contribution in [0, 0.1) is 0 Å². The molecule has 0 spiro atoms. The highest BCUT2D eigenvalue weighted by Crippen LogP contribution is 2.23. The molecule has 0 fully saturated rings. The molecule has 0 saturated carbocycles. The minimum atomic E-state index is 0.0726. The van der Waals surface area contributed by atoms with E-state index in [2.05, 4.69) is 17.2 Å². The predicted molar refractivity (Wildman–Crippen MR) is 77.6 cm³/mol. The molecule has 3 rings (SSSR count). The molecule has 4 heteroatoms. The standard InChI is InChI=1S/C16H18N2O2/c1-3-11-8-9-15(19-11)13(17-2)10-16-18-12-6-4-5-7-14(12)20-16/h4-9,13,17H,3,10H2,1-2H3. The zero-order valence-electron chi connectivity index (χ0n) is 11.7. The first-order chi connectivity index (χ1) is 9.80. The number of hydrogen-bond acceptors (Lipinski definition) is 4. The lowest BCUT2D eigenvalue weighted by Gasteiger charge is -2.11. The molecular weight excluding hydrogens is 252 g/mol. The summed E-state index contributed by atoms with van der Waals surface area (Å²) in [6.07, 6.45) is 1.57. The zero-order valence-corrected chi connectivity index (χ0v) is 11.7. The van der Waals surface area contributed by atoms with Gasteiger partial charge in [-0.3, -0.25) is 0 Å². The van der Waals surface area contributed by atoms with Gasteiger partial charge in [0, 0.05) is 12.8 Å². The minimum Gasteiger partial charge on any atom is -0.464 e. The van der Waals surface area contributed by atoms with Crippen LogP contribution in [-0.4, -0.2) is 12.0 Å². The van der Waals surface area contributed by atoms with Gasteiger partial charge in [0.15, 0.2) is 11.5 Å². The van der Waals surface area contributed by atoms with E-state index in [9.17, 15) is 0 Å². The second-order valence-corrected chi connectivity index (χ2v) is 4.78. The zero-order chi connectivity index (χ0) is 13.9. The van der Waals surface area contributed by atoms with Gasteiger partial charge in [-0.1, -0.05) is 19.1 Å². The Morgan fingerprint density at radius 2 is 2.00 bits per heavy atom. The van der Waals surface area contributed by atoms with Crippen LogP contribution in [0.2, 0.25) is 0 Å². The van der Waals surface area contributed by atoms with Crippen molar-refractivity contribution in [1.29, 1.82) is 0 Å². The van der Waals surface area contributed by atoms with Gasteiger partial charge in [-0.25, -0.2) is 4.98 Å². The molecule has 1 unspecified atom stereocenters. The lowest BCUT2D eigenvalue weighted by molar-refractivity contribution is 0.386. The van der Waals surface area contributed by atoms with E-state index in [-0.39, 0.29) is 6.04 Å². The topological polar surface area (TPSA) is 51.2 Å². The SMILES string of the molecule is CCc1ccc(C(Cc2nc3ccccc3o2)NC)o1. The summed E-state index contributed by atoms with van der Waals surface area (Å²) in [5.74, 6) is 2.64. The highest BCUT2D eigenvalue weighted by molar-refractivity contribution is 5.72. The van der Waals surface area contributed by atoms with Crippen LogP contribution in [0.1, 0.15) is 30.4 Å². The monoisotopic (exact) mass is 270 g/mol. The molecule has 2 aromatic heterocycles. The fraction of sp³-hybridized carbons (Fsp3) is 0.312. The number of furan rings is 1. The molecule has 0 radical (unpaired) electrons. The summed E-state index contributed by atoms with van der Waals surface area (Å²) in [5.41, 5.74) is 1.72. The Kier molecular flexibility index (Phi) is 3.56. The van der Waals surface area contributed by atoms with Crippen molar-refractivity contribution in [3.05, 3.63) is 53.8 Å². The van der Waals surface area contributed by atoms with E-state index < -0.39 is 0 Å². The summed E-state index contributed by atoms with van der Waals surface area (Å²) in [5, 5.41) is 3.25. The highest BCUT2D eigenvalue weighted by Gasteiger charge is 2.17. The van der Waals surface area contributed by atoms with Crippen LogP contribution in [-0.2, 0) is 12.8 Å². The van der Waals surface area contributed by atoms with Crippen LogP contribution in [0.15, 0.2) is 45.2 Å². The van der Waals surface area contributed by atoms with Crippen molar-refractivity contribution in [2.45, 2.75) is 25.8 Å². The number of oxazole rings is 1. The molecule has 1 N–H and O–H groups in total. The molecule has 0 amide bonds. The van der Waals surface area contributed by atoms with Crippen LogP contribution in [0.25, 0.3) is 11.1 Å². The quantitative estimate of drug-likeness (QED) is 0.771. The van der Waals surface area contributed by atoms with E-state index in [0.717, 1.165) is 34.9 Å². The Morgan fingerprint density at radius 1 is 1.15 bits per heavy atom. The van der Waals surface area contributed by atoms with Crippen molar-refractivity contribution in [2.75, 3.05) is 7.05 Å². The van der Waals surface area contributed by atoms with E-state index in [1.54, 1.807) is 0 Å². The maximum atomic E-state index is 5.80. The van der Waals surface area contributed by atoms with Crippen LogP contribution in [0.4, 0.5) is 0 Å². The van der Waals surface area contributed by atoms with Gasteiger partial charge in [-0.2, -0.15) is 0 Å². The van der Waals surface area contributed by atoms with E-state index >= 15 is 0 Å². The van der Waals surface area contributed by atoms with Crippen LogP contribution in [0.3, 0.4) is 0 Å². The van der Waals surface area contributed by atoms with Gasteiger partial charge in [0.2, 0.25) is 0 Å². The van der Waals surface area contributed by atoms with E-state index in [4.69, 9.17) is 8.83 Å². The molecule has 2 heterocycles. The lowest BCUT2D eigenvalue weighted by atomic mass is 10.1. The number of nitrogens with zero attached hydrogens (tertiary/aromatic N) is 1. The number of benzene rings is 1. The van der Waals surface area contributed by atoms with Crippen molar-refractivity contribution in [3.63, 3.8) is 0 Å².